The highest BCUT2D eigenvalue weighted by molar-refractivity contribution is 5.73. The maximum absolute atomic E-state index is 12.2. The molecule has 1 aromatic carbocycles. The number of aromatic nitrogens is 1. The number of urea groups is 1. The lowest BCUT2D eigenvalue weighted by atomic mass is 10.0. The molecule has 0 saturated carbocycles. The Bertz CT molecular complexity index is 629. The van der Waals surface area contributed by atoms with Crippen molar-refractivity contribution in [1.82, 2.24) is 15.2 Å². The molecule has 5 heteroatoms. The Hall–Kier alpha value is -2.30. The number of aryl methyl sites for hydroxylation is 3. The fraction of sp³-hybridized carbons (Fsp3) is 0.412. The van der Waals surface area contributed by atoms with Crippen molar-refractivity contribution in [1.29, 1.82) is 0 Å². The van der Waals surface area contributed by atoms with E-state index in [1.165, 1.54) is 16.7 Å². The molecule has 2 rings (SSSR count). The second-order valence-electron chi connectivity index (χ2n) is 5.47. The van der Waals surface area contributed by atoms with Gasteiger partial charge in [-0.15, -0.1) is 0 Å². The van der Waals surface area contributed by atoms with Crippen molar-refractivity contribution < 1.29 is 9.21 Å². The minimum absolute atomic E-state index is 0.122. The summed E-state index contributed by atoms with van der Waals surface area (Å²) in [5.41, 5.74) is 4.33. The van der Waals surface area contributed by atoms with Crippen molar-refractivity contribution in [3.05, 3.63) is 52.7 Å². The summed E-state index contributed by atoms with van der Waals surface area (Å²) in [5.74, 6) is 0.688. The van der Waals surface area contributed by atoms with Gasteiger partial charge in [-0.1, -0.05) is 25.1 Å². The molecule has 118 valence electrons. The summed E-state index contributed by atoms with van der Waals surface area (Å²) in [5, 5.41) is 2.86. The number of hydrogen-bond acceptors (Lipinski definition) is 3. The molecule has 0 bridgehead atoms. The van der Waals surface area contributed by atoms with Crippen LogP contribution in [-0.4, -0.2) is 23.0 Å². The van der Waals surface area contributed by atoms with E-state index < -0.39 is 0 Å². The van der Waals surface area contributed by atoms with Crippen molar-refractivity contribution in [2.45, 2.75) is 40.3 Å². The summed E-state index contributed by atoms with van der Waals surface area (Å²) in [4.78, 5) is 18.1. The highest BCUT2D eigenvalue weighted by atomic mass is 16.3. The third-order valence-corrected chi connectivity index (χ3v) is 3.71. The van der Waals surface area contributed by atoms with E-state index in [-0.39, 0.29) is 6.03 Å². The number of nitrogens with one attached hydrogen (secondary N) is 1. The van der Waals surface area contributed by atoms with Crippen molar-refractivity contribution in [2.24, 2.45) is 0 Å². The van der Waals surface area contributed by atoms with Gasteiger partial charge in [0.1, 0.15) is 6.26 Å². The molecular formula is C17H23N3O2. The van der Waals surface area contributed by atoms with Crippen molar-refractivity contribution in [2.75, 3.05) is 7.05 Å². The van der Waals surface area contributed by atoms with Crippen molar-refractivity contribution in [3.8, 4) is 0 Å². The van der Waals surface area contributed by atoms with Crippen LogP contribution in [0.25, 0.3) is 0 Å². The molecule has 1 N–H and O–H groups in total. The molecule has 0 radical (unpaired) electrons. The fourth-order valence-corrected chi connectivity index (χ4v) is 2.30. The van der Waals surface area contributed by atoms with Gasteiger partial charge in [0.05, 0.1) is 12.2 Å². The first-order chi connectivity index (χ1) is 10.5. The number of oxazole rings is 1. The molecular weight excluding hydrogens is 278 g/mol. The van der Waals surface area contributed by atoms with Crippen LogP contribution in [0.5, 0.6) is 0 Å². The van der Waals surface area contributed by atoms with Gasteiger partial charge in [-0.2, -0.15) is 0 Å². The predicted octanol–water partition coefficient (Wildman–Crippen LogP) is 3.20. The number of carbonyl (C=O) groups is 1. The Labute approximate surface area is 131 Å². The van der Waals surface area contributed by atoms with Gasteiger partial charge in [-0.3, -0.25) is 0 Å². The maximum Gasteiger partial charge on any atom is 0.317 e. The zero-order valence-electron chi connectivity index (χ0n) is 13.6. The van der Waals surface area contributed by atoms with E-state index in [4.69, 9.17) is 4.42 Å². The van der Waals surface area contributed by atoms with Crippen molar-refractivity contribution >= 4 is 6.03 Å². The van der Waals surface area contributed by atoms with Crippen LogP contribution < -0.4 is 5.32 Å². The lowest BCUT2D eigenvalue weighted by molar-refractivity contribution is 0.206. The highest BCUT2D eigenvalue weighted by Crippen LogP contribution is 2.15. The summed E-state index contributed by atoms with van der Waals surface area (Å²) in [6.45, 7) is 7.07. The number of benzene rings is 1. The van der Waals surface area contributed by atoms with E-state index in [0.717, 1.165) is 12.1 Å². The molecule has 0 aliphatic rings. The number of carbonyl (C=O) groups excluding carboxylic acids is 1. The average molecular weight is 301 g/mol. The van der Waals surface area contributed by atoms with Crippen LogP contribution in [0.1, 0.15) is 35.2 Å². The summed E-state index contributed by atoms with van der Waals surface area (Å²) in [6.07, 6.45) is 2.34. The fourth-order valence-electron chi connectivity index (χ4n) is 2.30. The number of hydrogen-bond donors (Lipinski definition) is 1. The minimum Gasteiger partial charge on any atom is -0.449 e. The van der Waals surface area contributed by atoms with E-state index >= 15 is 0 Å². The normalized spacial score (nSPS) is 10.5. The average Bonchev–Trinajstić information content (AvgIpc) is 2.96. The minimum atomic E-state index is -0.122. The van der Waals surface area contributed by atoms with Gasteiger partial charge in [-0.05, 0) is 30.5 Å². The molecule has 1 heterocycles. The molecule has 0 spiro atoms. The second kappa shape index (κ2) is 7.11. The largest absolute Gasteiger partial charge is 0.449 e. The summed E-state index contributed by atoms with van der Waals surface area (Å²) in [6, 6.07) is 6.04. The molecule has 1 aromatic heterocycles. The van der Waals surface area contributed by atoms with Gasteiger partial charge in [-0.25, -0.2) is 9.78 Å². The Balaban J connectivity index is 1.92. The molecule has 0 aliphatic heterocycles. The lowest BCUT2D eigenvalue weighted by Gasteiger charge is -2.20. The maximum atomic E-state index is 12.2. The van der Waals surface area contributed by atoms with E-state index in [1.54, 1.807) is 18.2 Å². The van der Waals surface area contributed by atoms with Gasteiger partial charge in [0, 0.05) is 20.0 Å². The van der Waals surface area contributed by atoms with Gasteiger partial charge >= 0.3 is 6.03 Å². The molecule has 0 aliphatic carbocycles. The van der Waals surface area contributed by atoms with Crippen molar-refractivity contribution in [3.63, 3.8) is 0 Å². The topological polar surface area (TPSA) is 58.4 Å². The van der Waals surface area contributed by atoms with Crippen LogP contribution in [0.2, 0.25) is 0 Å². The summed E-state index contributed by atoms with van der Waals surface area (Å²) < 4.78 is 5.26. The smallest absolute Gasteiger partial charge is 0.317 e. The van der Waals surface area contributed by atoms with Crippen LogP contribution in [0, 0.1) is 13.8 Å². The molecule has 0 saturated heterocycles. The SMILES string of the molecule is CCc1nc(CNC(=O)N(C)Cc2c(C)cccc2C)co1. The second-order valence-corrected chi connectivity index (χ2v) is 5.47. The zero-order valence-corrected chi connectivity index (χ0v) is 13.6. The first-order valence-electron chi connectivity index (χ1n) is 7.48. The number of amides is 2. The Morgan fingerprint density at radius 3 is 2.59 bits per heavy atom. The zero-order chi connectivity index (χ0) is 16.1. The standard InChI is InChI=1S/C17H23N3O2/c1-5-16-19-14(11-22-16)9-18-17(21)20(4)10-15-12(2)7-6-8-13(15)3/h6-8,11H,5,9-10H2,1-4H3,(H,18,21). The van der Waals surface area contributed by atoms with Gasteiger partial charge in [0.25, 0.3) is 0 Å². The first-order valence-corrected chi connectivity index (χ1v) is 7.48. The third-order valence-electron chi connectivity index (χ3n) is 3.71. The first kappa shape index (κ1) is 16.1. The Morgan fingerprint density at radius 2 is 2.00 bits per heavy atom. The van der Waals surface area contributed by atoms with Gasteiger partial charge < -0.3 is 14.6 Å². The molecule has 2 amide bonds. The monoisotopic (exact) mass is 301 g/mol. The Morgan fingerprint density at radius 1 is 1.32 bits per heavy atom. The van der Waals surface area contributed by atoms with E-state index in [0.29, 0.717) is 19.0 Å². The van der Waals surface area contributed by atoms with Crippen LogP contribution >= 0.6 is 0 Å². The molecule has 0 unspecified atom stereocenters. The quantitative estimate of drug-likeness (QED) is 0.922. The highest BCUT2D eigenvalue weighted by Gasteiger charge is 2.12. The van der Waals surface area contributed by atoms with Crippen LogP contribution in [0.15, 0.2) is 28.9 Å². The van der Waals surface area contributed by atoms with Crippen LogP contribution in [-0.2, 0) is 19.5 Å². The van der Waals surface area contributed by atoms with E-state index in [9.17, 15) is 4.79 Å². The number of rotatable bonds is 5. The van der Waals surface area contributed by atoms with E-state index in [2.05, 4.69) is 36.3 Å². The van der Waals surface area contributed by atoms with Gasteiger partial charge in [0.2, 0.25) is 0 Å². The van der Waals surface area contributed by atoms with Gasteiger partial charge in [0.15, 0.2) is 5.89 Å². The molecule has 22 heavy (non-hydrogen) atoms. The Kier molecular flexibility index (Phi) is 5.20. The van der Waals surface area contributed by atoms with Crippen LogP contribution in [0.4, 0.5) is 4.79 Å². The summed E-state index contributed by atoms with van der Waals surface area (Å²) >= 11 is 0. The molecule has 0 fully saturated rings. The molecule has 0 atom stereocenters. The third kappa shape index (κ3) is 3.87. The molecule has 2 aromatic rings. The lowest BCUT2D eigenvalue weighted by Crippen LogP contribution is -2.36. The number of nitrogens with zero attached hydrogens (tertiary/aromatic N) is 2. The summed E-state index contributed by atoms with van der Waals surface area (Å²) in [7, 11) is 1.79. The molecule has 5 nitrogen and oxygen atoms in total. The van der Waals surface area contributed by atoms with E-state index in [1.807, 2.05) is 13.0 Å². The van der Waals surface area contributed by atoms with Crippen LogP contribution in [0.3, 0.4) is 0 Å². The predicted molar refractivity (Wildman–Crippen MR) is 85.5 cm³/mol.